The van der Waals surface area contributed by atoms with Gasteiger partial charge in [0.05, 0.1) is 5.69 Å². The van der Waals surface area contributed by atoms with Crippen molar-refractivity contribution in [1.82, 2.24) is 14.1 Å². The largest absolute Gasteiger partial charge is 0.359 e. The molecule has 2 rings (SSSR count). The van der Waals surface area contributed by atoms with Crippen molar-refractivity contribution < 1.29 is 0 Å². The van der Waals surface area contributed by atoms with Crippen LogP contribution in [0.15, 0.2) is 15.0 Å². The zero-order chi connectivity index (χ0) is 13.4. The molecule has 7 heteroatoms. The van der Waals surface area contributed by atoms with Gasteiger partial charge in [-0.1, -0.05) is 0 Å². The molecule has 1 N–H and O–H groups in total. The van der Waals surface area contributed by atoms with E-state index in [-0.39, 0.29) is 5.95 Å². The second-order valence-corrected chi connectivity index (χ2v) is 5.05. The lowest BCUT2D eigenvalue weighted by atomic mass is 10.3. The van der Waals surface area contributed by atoms with E-state index >= 15 is 0 Å². The molecule has 0 saturated heterocycles. The molecule has 0 aliphatic rings. The second kappa shape index (κ2) is 4.41. The Morgan fingerprint density at radius 2 is 2.00 bits per heavy atom. The molecule has 0 aromatic carbocycles. The van der Waals surface area contributed by atoms with Gasteiger partial charge in [-0.25, -0.2) is 14.2 Å². The Hall–Kier alpha value is -1.89. The van der Waals surface area contributed by atoms with Crippen LogP contribution >= 0.6 is 11.3 Å². The van der Waals surface area contributed by atoms with Crippen LogP contribution < -0.4 is 16.7 Å². The third-order valence-corrected chi connectivity index (χ3v) is 3.77. The van der Waals surface area contributed by atoms with Gasteiger partial charge in [-0.2, -0.15) is 4.98 Å². The number of nitrogens with zero attached hydrogens (tertiary/aromatic N) is 3. The topological polar surface area (TPSA) is 68.9 Å². The smallest absolute Gasteiger partial charge is 0.358 e. The number of rotatable bonds is 2. The third-order valence-electron chi connectivity index (χ3n) is 2.76. The van der Waals surface area contributed by atoms with E-state index in [1.165, 1.54) is 15.9 Å². The van der Waals surface area contributed by atoms with Gasteiger partial charge in [-0.3, -0.25) is 4.57 Å². The summed E-state index contributed by atoms with van der Waals surface area (Å²) in [4.78, 5) is 29.0. The molecule has 0 fully saturated rings. The van der Waals surface area contributed by atoms with Crippen LogP contribution in [0.25, 0.3) is 5.69 Å². The van der Waals surface area contributed by atoms with Crippen molar-refractivity contribution in [3.63, 3.8) is 0 Å². The standard InChI is InChI=1S/C11H14N4O2S/c1-6-5-18-7(2)8(6)15-10(16)13-9(12-3)14(4)11(15)17/h5H,1-4H3,(H,12,13,16). The van der Waals surface area contributed by atoms with Gasteiger partial charge in [0.1, 0.15) is 0 Å². The van der Waals surface area contributed by atoms with E-state index in [0.717, 1.165) is 15.0 Å². The Labute approximate surface area is 108 Å². The Kier molecular flexibility index (Phi) is 3.08. The highest BCUT2D eigenvalue weighted by Crippen LogP contribution is 2.22. The summed E-state index contributed by atoms with van der Waals surface area (Å²) in [7, 11) is 3.20. The molecule has 6 nitrogen and oxygen atoms in total. The first-order chi connectivity index (χ1) is 8.47. The van der Waals surface area contributed by atoms with Crippen LogP contribution in [0.4, 0.5) is 5.95 Å². The van der Waals surface area contributed by atoms with Crippen molar-refractivity contribution in [2.75, 3.05) is 12.4 Å². The van der Waals surface area contributed by atoms with Crippen LogP contribution in [0.3, 0.4) is 0 Å². The molecule has 0 saturated carbocycles. The highest BCUT2D eigenvalue weighted by molar-refractivity contribution is 7.10. The van der Waals surface area contributed by atoms with E-state index in [9.17, 15) is 9.59 Å². The first-order valence-corrected chi connectivity index (χ1v) is 6.28. The Morgan fingerprint density at radius 3 is 2.50 bits per heavy atom. The fraction of sp³-hybridized carbons (Fsp3) is 0.364. The average Bonchev–Trinajstić information content (AvgIpc) is 2.65. The quantitative estimate of drug-likeness (QED) is 0.866. The summed E-state index contributed by atoms with van der Waals surface area (Å²) >= 11 is 1.51. The number of nitrogens with one attached hydrogen (secondary N) is 1. The Morgan fingerprint density at radius 1 is 1.33 bits per heavy atom. The normalized spacial score (nSPS) is 10.7. The molecule has 96 valence electrons. The molecule has 0 aliphatic carbocycles. The van der Waals surface area contributed by atoms with E-state index in [4.69, 9.17) is 0 Å². The number of anilines is 1. The maximum Gasteiger partial charge on any atom is 0.359 e. The van der Waals surface area contributed by atoms with Crippen LogP contribution in [0.2, 0.25) is 0 Å². The van der Waals surface area contributed by atoms with E-state index < -0.39 is 11.4 Å². The lowest BCUT2D eigenvalue weighted by Crippen LogP contribution is -2.40. The molecule has 0 bridgehead atoms. The van der Waals surface area contributed by atoms with E-state index in [1.54, 1.807) is 14.1 Å². The van der Waals surface area contributed by atoms with E-state index in [0.29, 0.717) is 5.69 Å². The Balaban J connectivity index is 2.86. The van der Waals surface area contributed by atoms with Gasteiger partial charge in [0.15, 0.2) is 0 Å². The average molecular weight is 266 g/mol. The van der Waals surface area contributed by atoms with Gasteiger partial charge >= 0.3 is 11.4 Å². The van der Waals surface area contributed by atoms with Crippen molar-refractivity contribution in [2.45, 2.75) is 13.8 Å². The summed E-state index contributed by atoms with van der Waals surface area (Å²) in [5, 5.41) is 4.64. The van der Waals surface area contributed by atoms with Crippen LogP contribution in [0.1, 0.15) is 10.4 Å². The summed E-state index contributed by atoms with van der Waals surface area (Å²) < 4.78 is 2.43. The molecule has 0 amide bonds. The van der Waals surface area contributed by atoms with Gasteiger partial charge in [0, 0.05) is 19.0 Å². The van der Waals surface area contributed by atoms with Gasteiger partial charge in [0.2, 0.25) is 5.95 Å². The van der Waals surface area contributed by atoms with Crippen molar-refractivity contribution in [1.29, 1.82) is 0 Å². The number of hydrogen-bond acceptors (Lipinski definition) is 5. The van der Waals surface area contributed by atoms with Crippen molar-refractivity contribution in [3.8, 4) is 5.69 Å². The molecule has 0 radical (unpaired) electrons. The molecule has 0 spiro atoms. The lowest BCUT2D eigenvalue weighted by molar-refractivity contribution is 0.700. The SMILES string of the molecule is CNc1nc(=O)n(-c2c(C)csc2C)c(=O)n1C. The number of thiophene rings is 1. The molecule has 0 aliphatic heterocycles. The minimum atomic E-state index is -0.563. The third kappa shape index (κ3) is 1.76. The van der Waals surface area contributed by atoms with Crippen LogP contribution in [0.5, 0.6) is 0 Å². The summed E-state index contributed by atoms with van der Waals surface area (Å²) in [5.41, 5.74) is 0.576. The zero-order valence-corrected chi connectivity index (χ0v) is 11.5. The summed E-state index contributed by atoms with van der Waals surface area (Å²) in [6, 6.07) is 0. The van der Waals surface area contributed by atoms with E-state index in [1.807, 2.05) is 19.2 Å². The predicted octanol–water partition coefficient (Wildman–Crippen LogP) is 0.651. The number of aromatic nitrogens is 3. The second-order valence-electron chi connectivity index (χ2n) is 3.97. The maximum atomic E-state index is 12.2. The van der Waals surface area contributed by atoms with Crippen molar-refractivity contribution in [3.05, 3.63) is 36.8 Å². The minimum Gasteiger partial charge on any atom is -0.358 e. The van der Waals surface area contributed by atoms with Gasteiger partial charge in [-0.05, 0) is 24.8 Å². The van der Waals surface area contributed by atoms with Gasteiger partial charge in [0.25, 0.3) is 0 Å². The zero-order valence-electron chi connectivity index (χ0n) is 10.6. The predicted molar refractivity (Wildman–Crippen MR) is 72.0 cm³/mol. The summed E-state index contributed by atoms with van der Waals surface area (Å²) in [6.45, 7) is 3.75. The first kappa shape index (κ1) is 12.6. The monoisotopic (exact) mass is 266 g/mol. The van der Waals surface area contributed by atoms with Gasteiger partial charge < -0.3 is 5.32 Å². The molecular weight excluding hydrogens is 252 g/mol. The van der Waals surface area contributed by atoms with Gasteiger partial charge in [-0.15, -0.1) is 11.3 Å². The van der Waals surface area contributed by atoms with Crippen molar-refractivity contribution in [2.24, 2.45) is 7.05 Å². The van der Waals surface area contributed by atoms with Crippen LogP contribution in [-0.2, 0) is 7.05 Å². The number of hydrogen-bond donors (Lipinski definition) is 1. The Bertz CT molecular complexity index is 691. The highest BCUT2D eigenvalue weighted by atomic mass is 32.1. The molecule has 2 heterocycles. The van der Waals surface area contributed by atoms with Crippen LogP contribution in [0, 0.1) is 13.8 Å². The van der Waals surface area contributed by atoms with Crippen LogP contribution in [-0.4, -0.2) is 21.2 Å². The highest BCUT2D eigenvalue weighted by Gasteiger charge is 2.15. The summed E-state index contributed by atoms with van der Waals surface area (Å²) in [6.07, 6.45) is 0. The fourth-order valence-electron chi connectivity index (χ4n) is 1.85. The lowest BCUT2D eigenvalue weighted by Gasteiger charge is -2.10. The fourth-order valence-corrected chi connectivity index (χ4v) is 2.68. The minimum absolute atomic E-state index is 0.256. The van der Waals surface area contributed by atoms with E-state index in [2.05, 4.69) is 10.3 Å². The maximum absolute atomic E-state index is 12.2. The molecule has 0 atom stereocenters. The molecule has 2 aromatic rings. The molecule has 0 unspecified atom stereocenters. The summed E-state index contributed by atoms with van der Waals surface area (Å²) in [5.74, 6) is 0.256. The first-order valence-electron chi connectivity index (χ1n) is 5.40. The number of aryl methyl sites for hydroxylation is 2. The molecule has 2 aromatic heterocycles. The van der Waals surface area contributed by atoms with Crippen molar-refractivity contribution >= 4 is 17.3 Å². The molecule has 18 heavy (non-hydrogen) atoms. The molecular formula is C11H14N4O2S.